The van der Waals surface area contributed by atoms with Gasteiger partial charge in [0, 0.05) is 0 Å². The number of hydrogen-bond acceptors (Lipinski definition) is 5. The van der Waals surface area contributed by atoms with Crippen molar-refractivity contribution in [3.8, 4) is 0 Å². The SMILES string of the molecule is CC(C)(C)OC(=O)Nc1sc2cc(F)cnc2c1C(=O)O. The minimum Gasteiger partial charge on any atom is -0.478 e. The summed E-state index contributed by atoms with van der Waals surface area (Å²) in [5.74, 6) is -1.84. The summed E-state index contributed by atoms with van der Waals surface area (Å²) in [4.78, 5) is 26.8. The van der Waals surface area contributed by atoms with Crippen LogP contribution in [0.2, 0.25) is 0 Å². The van der Waals surface area contributed by atoms with E-state index in [2.05, 4.69) is 10.3 Å². The van der Waals surface area contributed by atoms with Crippen LogP contribution in [0.15, 0.2) is 12.3 Å². The van der Waals surface area contributed by atoms with Crippen molar-refractivity contribution in [2.75, 3.05) is 5.32 Å². The van der Waals surface area contributed by atoms with Crippen LogP contribution in [0.3, 0.4) is 0 Å². The molecule has 2 heterocycles. The summed E-state index contributed by atoms with van der Waals surface area (Å²) in [5, 5.41) is 11.7. The summed E-state index contributed by atoms with van der Waals surface area (Å²) in [5.41, 5.74) is -0.769. The van der Waals surface area contributed by atoms with E-state index in [1.165, 1.54) is 6.07 Å². The van der Waals surface area contributed by atoms with Crippen LogP contribution < -0.4 is 5.32 Å². The van der Waals surface area contributed by atoms with Gasteiger partial charge < -0.3 is 9.84 Å². The molecule has 1 amide bonds. The fourth-order valence-electron chi connectivity index (χ4n) is 1.64. The lowest BCUT2D eigenvalue weighted by molar-refractivity contribution is 0.0636. The Balaban J connectivity index is 2.41. The van der Waals surface area contributed by atoms with E-state index >= 15 is 0 Å². The number of carboxylic acids is 1. The number of halogens is 1. The first-order valence-electron chi connectivity index (χ1n) is 5.99. The molecule has 112 valence electrons. The normalized spacial score (nSPS) is 11.4. The highest BCUT2D eigenvalue weighted by atomic mass is 32.1. The number of carbonyl (C=O) groups excluding carboxylic acids is 1. The molecular weight excluding hydrogens is 299 g/mol. The number of aromatic nitrogens is 1. The number of carbonyl (C=O) groups is 2. The van der Waals surface area contributed by atoms with E-state index in [4.69, 9.17) is 4.74 Å². The largest absolute Gasteiger partial charge is 0.478 e. The number of ether oxygens (including phenoxy) is 1. The van der Waals surface area contributed by atoms with Gasteiger partial charge in [-0.1, -0.05) is 0 Å². The maximum Gasteiger partial charge on any atom is 0.412 e. The molecule has 0 saturated heterocycles. The first-order chi connectivity index (χ1) is 9.67. The molecule has 0 unspecified atom stereocenters. The molecular formula is C13H13FN2O4S. The Bertz CT molecular complexity index is 721. The highest BCUT2D eigenvalue weighted by Crippen LogP contribution is 2.35. The maximum atomic E-state index is 13.1. The molecule has 0 aliphatic heterocycles. The second kappa shape index (κ2) is 5.28. The molecule has 0 aliphatic carbocycles. The van der Waals surface area contributed by atoms with Crippen LogP contribution in [0, 0.1) is 5.82 Å². The lowest BCUT2D eigenvalue weighted by Gasteiger charge is -2.19. The molecule has 0 aromatic carbocycles. The molecule has 8 heteroatoms. The number of pyridine rings is 1. The van der Waals surface area contributed by atoms with Gasteiger partial charge in [0.2, 0.25) is 0 Å². The zero-order valence-electron chi connectivity index (χ0n) is 11.6. The number of anilines is 1. The fraction of sp³-hybridized carbons (Fsp3) is 0.308. The summed E-state index contributed by atoms with van der Waals surface area (Å²) >= 11 is 0.925. The van der Waals surface area contributed by atoms with Crippen molar-refractivity contribution in [2.45, 2.75) is 26.4 Å². The molecule has 0 spiro atoms. The molecule has 0 bridgehead atoms. The molecule has 0 aliphatic rings. The Kier molecular flexibility index (Phi) is 3.82. The molecule has 21 heavy (non-hydrogen) atoms. The molecule has 0 saturated carbocycles. The van der Waals surface area contributed by atoms with Gasteiger partial charge in [-0.25, -0.2) is 14.0 Å². The van der Waals surface area contributed by atoms with Gasteiger partial charge in [-0.2, -0.15) is 0 Å². The highest BCUT2D eigenvalue weighted by Gasteiger charge is 2.23. The lowest BCUT2D eigenvalue weighted by Crippen LogP contribution is -2.27. The van der Waals surface area contributed by atoms with Gasteiger partial charge in [0.25, 0.3) is 0 Å². The van der Waals surface area contributed by atoms with Gasteiger partial charge >= 0.3 is 12.1 Å². The van der Waals surface area contributed by atoms with E-state index in [1.54, 1.807) is 20.8 Å². The maximum absolute atomic E-state index is 13.1. The highest BCUT2D eigenvalue weighted by molar-refractivity contribution is 7.23. The average molecular weight is 312 g/mol. The number of hydrogen-bond donors (Lipinski definition) is 2. The average Bonchev–Trinajstić information content (AvgIpc) is 2.62. The van der Waals surface area contributed by atoms with E-state index in [-0.39, 0.29) is 16.1 Å². The second-order valence-electron chi connectivity index (χ2n) is 5.24. The number of fused-ring (bicyclic) bond motifs is 1. The van der Waals surface area contributed by atoms with Crippen molar-refractivity contribution in [1.82, 2.24) is 4.98 Å². The number of nitrogens with one attached hydrogen (secondary N) is 1. The van der Waals surface area contributed by atoms with Crippen molar-refractivity contribution in [1.29, 1.82) is 0 Å². The number of thiophene rings is 1. The van der Waals surface area contributed by atoms with Crippen LogP contribution in [0.1, 0.15) is 31.1 Å². The number of carboxylic acid groups (broad SMARTS) is 1. The standard InChI is InChI=1S/C13H13FN2O4S/c1-13(2,3)20-12(19)16-10-8(11(17)18)9-7(21-10)4-6(14)5-15-9/h4-5H,1-3H3,(H,16,19)(H,17,18). The summed E-state index contributed by atoms with van der Waals surface area (Å²) in [6, 6.07) is 1.17. The molecule has 2 aromatic heterocycles. The second-order valence-corrected chi connectivity index (χ2v) is 6.29. The summed E-state index contributed by atoms with van der Waals surface area (Å²) < 4.78 is 18.5. The molecule has 0 fully saturated rings. The summed E-state index contributed by atoms with van der Waals surface area (Å²) in [6.07, 6.45) is 0.149. The van der Waals surface area contributed by atoms with Gasteiger partial charge in [0.05, 0.1) is 16.4 Å². The van der Waals surface area contributed by atoms with Crippen LogP contribution in [0.5, 0.6) is 0 Å². The predicted octanol–water partition coefficient (Wildman–Crippen LogP) is 3.48. The van der Waals surface area contributed by atoms with E-state index in [1.807, 2.05) is 0 Å². The van der Waals surface area contributed by atoms with Crippen LogP contribution in [0.25, 0.3) is 10.2 Å². The molecule has 2 N–H and O–H groups in total. The van der Waals surface area contributed by atoms with E-state index in [0.29, 0.717) is 4.70 Å². The van der Waals surface area contributed by atoms with Gasteiger partial charge in [-0.05, 0) is 26.8 Å². The third-order valence-corrected chi connectivity index (χ3v) is 3.37. The third-order valence-electron chi connectivity index (χ3n) is 2.32. The van der Waals surface area contributed by atoms with Crippen LogP contribution in [0.4, 0.5) is 14.2 Å². The quantitative estimate of drug-likeness (QED) is 0.886. The predicted molar refractivity (Wildman–Crippen MR) is 76.4 cm³/mol. The van der Waals surface area contributed by atoms with Crippen LogP contribution >= 0.6 is 11.3 Å². The van der Waals surface area contributed by atoms with Crippen LogP contribution in [-0.4, -0.2) is 27.8 Å². The zero-order valence-corrected chi connectivity index (χ0v) is 12.4. The fourth-order valence-corrected chi connectivity index (χ4v) is 2.70. The van der Waals surface area contributed by atoms with Crippen molar-refractivity contribution < 1.29 is 23.8 Å². The Labute approximate surface area is 123 Å². The lowest BCUT2D eigenvalue weighted by atomic mass is 10.2. The minimum atomic E-state index is -1.26. The summed E-state index contributed by atoms with van der Waals surface area (Å²) in [6.45, 7) is 5.06. The molecule has 2 rings (SSSR count). The number of amides is 1. The smallest absolute Gasteiger partial charge is 0.412 e. The molecule has 2 aromatic rings. The molecule has 6 nitrogen and oxygen atoms in total. The van der Waals surface area contributed by atoms with Crippen molar-refractivity contribution in [3.05, 3.63) is 23.6 Å². The Hall–Kier alpha value is -2.22. The monoisotopic (exact) mass is 312 g/mol. The number of rotatable bonds is 2. The van der Waals surface area contributed by atoms with E-state index < -0.39 is 23.5 Å². The Morgan fingerprint density at radius 3 is 2.67 bits per heavy atom. The number of nitrogens with zero attached hydrogens (tertiary/aromatic N) is 1. The third kappa shape index (κ3) is 3.46. The van der Waals surface area contributed by atoms with E-state index in [0.717, 1.165) is 17.5 Å². The van der Waals surface area contributed by atoms with Gasteiger partial charge in [-0.15, -0.1) is 11.3 Å². The Morgan fingerprint density at radius 1 is 1.43 bits per heavy atom. The van der Waals surface area contributed by atoms with Gasteiger partial charge in [-0.3, -0.25) is 10.3 Å². The van der Waals surface area contributed by atoms with Gasteiger partial charge in [0.15, 0.2) is 0 Å². The van der Waals surface area contributed by atoms with Crippen LogP contribution in [-0.2, 0) is 4.74 Å². The van der Waals surface area contributed by atoms with E-state index in [9.17, 15) is 19.1 Å². The van der Waals surface area contributed by atoms with Gasteiger partial charge in [0.1, 0.15) is 22.0 Å². The van der Waals surface area contributed by atoms with Crippen molar-refractivity contribution >= 4 is 38.6 Å². The van der Waals surface area contributed by atoms with Crippen molar-refractivity contribution in [3.63, 3.8) is 0 Å². The van der Waals surface area contributed by atoms with Crippen molar-refractivity contribution in [2.24, 2.45) is 0 Å². The summed E-state index contributed by atoms with van der Waals surface area (Å²) in [7, 11) is 0. The zero-order chi connectivity index (χ0) is 15.8. The topological polar surface area (TPSA) is 88.5 Å². The number of aromatic carboxylic acids is 1. The Morgan fingerprint density at radius 2 is 2.10 bits per heavy atom. The first kappa shape index (κ1) is 15.2. The molecule has 0 atom stereocenters. The first-order valence-corrected chi connectivity index (χ1v) is 6.80. The minimum absolute atomic E-state index is 0.0600. The molecule has 0 radical (unpaired) electrons.